The van der Waals surface area contributed by atoms with Gasteiger partial charge in [0.05, 0.1) is 19.3 Å². The van der Waals surface area contributed by atoms with Crippen molar-refractivity contribution in [3.63, 3.8) is 0 Å². The first-order valence-electron chi connectivity index (χ1n) is 6.80. The topological polar surface area (TPSA) is 12.5 Å². The maximum Gasteiger partial charge on any atom is 0.129 e. The van der Waals surface area contributed by atoms with E-state index < -0.39 is 5.41 Å². The second-order valence-electron chi connectivity index (χ2n) is 5.21. The van der Waals surface area contributed by atoms with E-state index in [1.165, 1.54) is 0 Å². The van der Waals surface area contributed by atoms with E-state index in [0.29, 0.717) is 18.4 Å². The normalized spacial score (nSPS) is 35.1. The average molecular weight is 263 g/mol. The van der Waals surface area contributed by atoms with E-state index in [2.05, 4.69) is 28.0 Å². The Balaban J connectivity index is 0.000000686. The van der Waals surface area contributed by atoms with Crippen LogP contribution >= 0.6 is 9.24 Å². The van der Waals surface area contributed by atoms with Crippen molar-refractivity contribution in [3.05, 3.63) is 0 Å². The summed E-state index contributed by atoms with van der Waals surface area (Å²) in [6.45, 7) is 11.7. The molecule has 2 aliphatic rings. The minimum Gasteiger partial charge on any atom is -0.378 e. The van der Waals surface area contributed by atoms with Crippen molar-refractivity contribution in [2.45, 2.75) is 45.6 Å². The maximum atomic E-state index is 14.3. The molecule has 3 atom stereocenters. The largest absolute Gasteiger partial charge is 0.378 e. The number of rotatable bonds is 2. The summed E-state index contributed by atoms with van der Waals surface area (Å²) in [5, 5.41) is -1.06. The number of likely N-dealkylation sites (tertiary alicyclic amines) is 1. The zero-order valence-electron chi connectivity index (χ0n) is 11.6. The lowest BCUT2D eigenvalue weighted by Crippen LogP contribution is -2.57. The van der Waals surface area contributed by atoms with Gasteiger partial charge in [-0.3, -0.25) is 4.90 Å². The van der Waals surface area contributed by atoms with Crippen LogP contribution in [0.1, 0.15) is 34.1 Å². The summed E-state index contributed by atoms with van der Waals surface area (Å²) in [7, 11) is 2.43. The number of ether oxygens (including phenoxy) is 1. The van der Waals surface area contributed by atoms with Gasteiger partial charge in [-0.2, -0.15) is 0 Å². The molecule has 2 nitrogen and oxygen atoms in total. The van der Waals surface area contributed by atoms with Gasteiger partial charge in [0.2, 0.25) is 0 Å². The fraction of sp³-hybridized carbons (Fsp3) is 1.00. The fourth-order valence-corrected chi connectivity index (χ4v) is 3.15. The van der Waals surface area contributed by atoms with Crippen LogP contribution in [0.3, 0.4) is 0 Å². The van der Waals surface area contributed by atoms with E-state index in [-0.39, 0.29) is 5.92 Å². The lowest BCUT2D eigenvalue weighted by molar-refractivity contribution is -0.0930. The lowest BCUT2D eigenvalue weighted by atomic mass is 9.85. The number of hydrogen-bond donors (Lipinski definition) is 0. The molecule has 0 aromatic rings. The second kappa shape index (κ2) is 6.45. The lowest BCUT2D eigenvalue weighted by Gasteiger charge is -2.47. The monoisotopic (exact) mass is 263 g/mol. The predicted molar refractivity (Wildman–Crippen MR) is 74.0 cm³/mol. The van der Waals surface area contributed by atoms with Crippen LogP contribution < -0.4 is 0 Å². The van der Waals surface area contributed by atoms with Crippen molar-refractivity contribution in [1.82, 2.24) is 4.90 Å². The molecule has 0 saturated carbocycles. The second-order valence-corrected chi connectivity index (χ2v) is 6.17. The van der Waals surface area contributed by atoms with Crippen LogP contribution in [-0.4, -0.2) is 42.7 Å². The number of hydrogen-bond acceptors (Lipinski definition) is 2. The van der Waals surface area contributed by atoms with Crippen LogP contribution in [0.2, 0.25) is 0 Å². The molecule has 2 rings (SSSR count). The molecule has 2 aliphatic heterocycles. The summed E-state index contributed by atoms with van der Waals surface area (Å²) in [4.78, 5) is 2.40. The molecule has 102 valence electrons. The quantitative estimate of drug-likeness (QED) is 0.710. The number of piperidine rings is 1. The highest BCUT2D eigenvalue weighted by Gasteiger charge is 2.43. The molecule has 0 amide bonds. The molecule has 0 radical (unpaired) electrons. The van der Waals surface area contributed by atoms with Gasteiger partial charge < -0.3 is 4.74 Å². The molecular weight excluding hydrogens is 236 g/mol. The Bertz CT molecular complexity index is 231. The van der Waals surface area contributed by atoms with Gasteiger partial charge in [-0.05, 0) is 12.3 Å². The first kappa shape index (κ1) is 15.3. The van der Waals surface area contributed by atoms with Crippen LogP contribution in [0, 0.1) is 11.8 Å². The minimum absolute atomic E-state index is 0.136. The Hall–Kier alpha value is 0.280. The van der Waals surface area contributed by atoms with Crippen LogP contribution in [0.4, 0.5) is 4.39 Å². The third-order valence-electron chi connectivity index (χ3n) is 3.77. The van der Waals surface area contributed by atoms with Gasteiger partial charge in [-0.1, -0.05) is 36.9 Å². The molecule has 2 fully saturated rings. The number of alkyl halides is 1. The van der Waals surface area contributed by atoms with Crippen molar-refractivity contribution in [2.75, 3.05) is 26.3 Å². The van der Waals surface area contributed by atoms with Crippen LogP contribution in [0.25, 0.3) is 0 Å². The van der Waals surface area contributed by atoms with Gasteiger partial charge in [0, 0.05) is 19.0 Å². The summed E-state index contributed by atoms with van der Waals surface area (Å²) < 4.78 is 19.4. The summed E-state index contributed by atoms with van der Waals surface area (Å²) in [6, 6.07) is 0.548. The van der Waals surface area contributed by atoms with Crippen molar-refractivity contribution in [2.24, 2.45) is 11.8 Å². The molecule has 0 bridgehead atoms. The van der Waals surface area contributed by atoms with Crippen LogP contribution in [0.15, 0.2) is 0 Å². The standard InChI is InChI=1S/C11H21FNOP.C2H6/c1-8(2)10-5-13(9-6-14-7-9)4-3-11(10,12)15;1-2/h8-10H,3-7,15H2,1-2H3;1-2H3. The Morgan fingerprint density at radius 1 is 1.35 bits per heavy atom. The molecule has 0 aliphatic carbocycles. The third kappa shape index (κ3) is 3.62. The van der Waals surface area contributed by atoms with Crippen LogP contribution in [-0.2, 0) is 4.74 Å². The van der Waals surface area contributed by atoms with E-state index in [1.807, 2.05) is 13.8 Å². The summed E-state index contributed by atoms with van der Waals surface area (Å²) in [5.41, 5.74) is 0. The van der Waals surface area contributed by atoms with Gasteiger partial charge in [0.25, 0.3) is 0 Å². The molecule has 0 aromatic carbocycles. The van der Waals surface area contributed by atoms with Gasteiger partial charge in [0.1, 0.15) is 5.41 Å². The van der Waals surface area contributed by atoms with Crippen molar-refractivity contribution < 1.29 is 9.13 Å². The Morgan fingerprint density at radius 2 is 1.94 bits per heavy atom. The molecule has 2 heterocycles. The van der Waals surface area contributed by atoms with Crippen LogP contribution in [0.5, 0.6) is 0 Å². The highest BCUT2D eigenvalue weighted by Crippen LogP contribution is 2.42. The Morgan fingerprint density at radius 3 is 2.35 bits per heavy atom. The SMILES string of the molecule is CC.CC(C)C1CN(C2COC2)CCC1(F)P. The van der Waals surface area contributed by atoms with E-state index in [9.17, 15) is 4.39 Å². The first-order valence-corrected chi connectivity index (χ1v) is 7.38. The predicted octanol–water partition coefficient (Wildman–Crippen LogP) is 2.93. The highest BCUT2D eigenvalue weighted by atomic mass is 31.0. The number of halogens is 1. The molecule has 0 N–H and O–H groups in total. The number of nitrogens with zero attached hydrogens (tertiary/aromatic N) is 1. The van der Waals surface area contributed by atoms with Crippen molar-refractivity contribution >= 4 is 9.24 Å². The fourth-order valence-electron chi connectivity index (χ4n) is 2.53. The van der Waals surface area contributed by atoms with Gasteiger partial charge in [-0.15, -0.1) is 0 Å². The molecular formula is C13H27FNOP. The molecule has 17 heavy (non-hydrogen) atoms. The van der Waals surface area contributed by atoms with Gasteiger partial charge in [0.15, 0.2) is 0 Å². The zero-order valence-corrected chi connectivity index (χ0v) is 12.7. The van der Waals surface area contributed by atoms with Crippen molar-refractivity contribution in [3.8, 4) is 0 Å². The maximum absolute atomic E-state index is 14.3. The third-order valence-corrected chi connectivity index (χ3v) is 4.49. The van der Waals surface area contributed by atoms with E-state index in [0.717, 1.165) is 26.3 Å². The Labute approximate surface area is 107 Å². The Kier molecular flexibility index (Phi) is 5.82. The smallest absolute Gasteiger partial charge is 0.129 e. The van der Waals surface area contributed by atoms with E-state index in [4.69, 9.17) is 4.74 Å². The summed E-state index contributed by atoms with van der Waals surface area (Å²) in [5.74, 6) is 0.535. The zero-order chi connectivity index (χ0) is 13.1. The molecule has 2 saturated heterocycles. The van der Waals surface area contributed by atoms with Gasteiger partial charge >= 0.3 is 0 Å². The minimum atomic E-state index is -1.06. The molecule has 4 heteroatoms. The van der Waals surface area contributed by atoms with Crippen molar-refractivity contribution in [1.29, 1.82) is 0 Å². The first-order chi connectivity index (χ1) is 8.00. The average Bonchev–Trinajstić information content (AvgIpc) is 2.20. The summed E-state index contributed by atoms with van der Waals surface area (Å²) in [6.07, 6.45) is 0.636. The molecule has 0 aromatic heterocycles. The van der Waals surface area contributed by atoms with E-state index >= 15 is 0 Å². The van der Waals surface area contributed by atoms with Gasteiger partial charge in [-0.25, -0.2) is 4.39 Å². The summed E-state index contributed by atoms with van der Waals surface area (Å²) >= 11 is 0. The van der Waals surface area contributed by atoms with E-state index in [1.54, 1.807) is 0 Å². The molecule has 0 spiro atoms. The highest BCUT2D eigenvalue weighted by molar-refractivity contribution is 7.18. The molecule has 3 unspecified atom stereocenters.